The maximum absolute atomic E-state index is 13.3. The van der Waals surface area contributed by atoms with Crippen LogP contribution in [0.1, 0.15) is 24.8 Å². The van der Waals surface area contributed by atoms with Gasteiger partial charge in [0.25, 0.3) is 5.69 Å². The number of nitro benzene ring substituents is 1. The van der Waals surface area contributed by atoms with Crippen molar-refractivity contribution < 1.29 is 14.4 Å². The van der Waals surface area contributed by atoms with Crippen LogP contribution in [0.2, 0.25) is 0 Å². The highest BCUT2D eigenvalue weighted by Gasteiger charge is 2.26. The van der Waals surface area contributed by atoms with Crippen LogP contribution in [0, 0.1) is 21.8 Å². The first kappa shape index (κ1) is 13.9. The summed E-state index contributed by atoms with van der Waals surface area (Å²) < 4.78 is 13.3. The van der Waals surface area contributed by atoms with Gasteiger partial charge in [0.1, 0.15) is 5.82 Å². The largest absolute Gasteiger partial charge is 0.396 e. The van der Waals surface area contributed by atoms with Crippen LogP contribution in [0.25, 0.3) is 0 Å². The molecule has 1 aromatic carbocycles. The first-order chi connectivity index (χ1) is 9.10. The third-order valence-electron chi connectivity index (χ3n) is 3.62. The van der Waals surface area contributed by atoms with Gasteiger partial charge < -0.3 is 10.4 Å². The Morgan fingerprint density at radius 1 is 1.42 bits per heavy atom. The molecular weight excluding hydrogens is 251 g/mol. The second kappa shape index (κ2) is 6.08. The number of rotatable bonds is 5. The molecule has 1 aliphatic rings. The molecule has 0 bridgehead atoms. The van der Waals surface area contributed by atoms with Crippen LogP contribution in [0.5, 0.6) is 0 Å². The smallest absolute Gasteiger partial charge is 0.272 e. The Labute approximate surface area is 110 Å². The van der Waals surface area contributed by atoms with Gasteiger partial charge in [0.05, 0.1) is 11.0 Å². The molecule has 0 amide bonds. The van der Waals surface area contributed by atoms with Gasteiger partial charge in [-0.1, -0.05) is 6.42 Å². The van der Waals surface area contributed by atoms with Crippen molar-refractivity contribution in [3.8, 4) is 0 Å². The number of nitrogens with zero attached hydrogens (tertiary/aromatic N) is 1. The Bertz CT molecular complexity index is 467. The van der Waals surface area contributed by atoms with Gasteiger partial charge in [-0.05, 0) is 30.4 Å². The van der Waals surface area contributed by atoms with Gasteiger partial charge in [-0.2, -0.15) is 0 Å². The molecule has 2 N–H and O–H groups in total. The van der Waals surface area contributed by atoms with Crippen LogP contribution in [0.15, 0.2) is 18.2 Å². The standard InChI is InChI=1S/C13H17FN2O3/c14-11-4-9(5-12(6-11)16(18)19)7-15-13-3-1-2-10(13)8-17/h4-6,10,13,15,17H,1-3,7-8H2. The van der Waals surface area contributed by atoms with Crippen molar-refractivity contribution in [2.45, 2.75) is 31.8 Å². The van der Waals surface area contributed by atoms with Gasteiger partial charge in [-0.3, -0.25) is 10.1 Å². The number of halogens is 1. The fourth-order valence-corrected chi connectivity index (χ4v) is 2.61. The van der Waals surface area contributed by atoms with Crippen molar-refractivity contribution in [3.05, 3.63) is 39.7 Å². The van der Waals surface area contributed by atoms with E-state index in [1.165, 1.54) is 12.1 Å². The fraction of sp³-hybridized carbons (Fsp3) is 0.538. The van der Waals surface area contributed by atoms with Crippen LogP contribution >= 0.6 is 0 Å². The van der Waals surface area contributed by atoms with Gasteiger partial charge in [-0.15, -0.1) is 0 Å². The quantitative estimate of drug-likeness (QED) is 0.632. The first-order valence-electron chi connectivity index (χ1n) is 6.38. The summed E-state index contributed by atoms with van der Waals surface area (Å²) in [6, 6.07) is 3.78. The Morgan fingerprint density at radius 2 is 2.21 bits per heavy atom. The molecule has 2 unspecified atom stereocenters. The third kappa shape index (κ3) is 3.48. The van der Waals surface area contributed by atoms with E-state index in [1.54, 1.807) is 0 Å². The highest BCUT2D eigenvalue weighted by atomic mass is 19.1. The molecule has 0 heterocycles. The van der Waals surface area contributed by atoms with Gasteiger partial charge in [0, 0.05) is 25.3 Å². The molecule has 19 heavy (non-hydrogen) atoms. The summed E-state index contributed by atoms with van der Waals surface area (Å²) in [6.45, 7) is 0.515. The molecule has 1 aliphatic carbocycles. The summed E-state index contributed by atoms with van der Waals surface area (Å²) in [6.07, 6.45) is 3.02. The van der Waals surface area contributed by atoms with Gasteiger partial charge in [0.15, 0.2) is 0 Å². The first-order valence-corrected chi connectivity index (χ1v) is 6.38. The molecule has 0 spiro atoms. The Kier molecular flexibility index (Phi) is 4.44. The number of aliphatic hydroxyl groups excluding tert-OH is 1. The molecule has 1 aromatic rings. The maximum Gasteiger partial charge on any atom is 0.272 e. The SMILES string of the molecule is O=[N+]([O-])c1cc(F)cc(CNC2CCCC2CO)c1. The van der Waals surface area contributed by atoms with Crippen LogP contribution in [0.4, 0.5) is 10.1 Å². The minimum absolute atomic E-state index is 0.140. The fourth-order valence-electron chi connectivity index (χ4n) is 2.61. The van der Waals surface area contributed by atoms with E-state index in [9.17, 15) is 19.6 Å². The predicted octanol–water partition coefficient (Wildman–Crippen LogP) is 1.98. The second-order valence-corrected chi connectivity index (χ2v) is 4.94. The minimum atomic E-state index is -0.601. The predicted molar refractivity (Wildman–Crippen MR) is 68.1 cm³/mol. The average Bonchev–Trinajstić information content (AvgIpc) is 2.83. The topological polar surface area (TPSA) is 75.4 Å². The molecule has 6 heteroatoms. The zero-order valence-electron chi connectivity index (χ0n) is 10.5. The number of nitro groups is 1. The molecule has 1 fully saturated rings. The van der Waals surface area contributed by atoms with Crippen LogP contribution < -0.4 is 5.32 Å². The maximum atomic E-state index is 13.3. The van der Waals surface area contributed by atoms with E-state index in [0.29, 0.717) is 12.1 Å². The highest BCUT2D eigenvalue weighted by Crippen LogP contribution is 2.25. The third-order valence-corrected chi connectivity index (χ3v) is 3.62. The van der Waals surface area contributed by atoms with Crippen molar-refractivity contribution >= 4 is 5.69 Å². The van der Waals surface area contributed by atoms with Gasteiger partial charge in [0.2, 0.25) is 0 Å². The monoisotopic (exact) mass is 268 g/mol. The number of non-ortho nitro benzene ring substituents is 1. The van der Waals surface area contributed by atoms with Crippen molar-refractivity contribution in [2.75, 3.05) is 6.61 Å². The molecule has 104 valence electrons. The van der Waals surface area contributed by atoms with E-state index in [-0.39, 0.29) is 24.3 Å². The van der Waals surface area contributed by atoms with Crippen molar-refractivity contribution in [1.82, 2.24) is 5.32 Å². The number of hydrogen-bond acceptors (Lipinski definition) is 4. The lowest BCUT2D eigenvalue weighted by molar-refractivity contribution is -0.385. The average molecular weight is 268 g/mol. The van der Waals surface area contributed by atoms with Crippen molar-refractivity contribution in [2.24, 2.45) is 5.92 Å². The lowest BCUT2D eigenvalue weighted by atomic mass is 10.0. The van der Waals surface area contributed by atoms with Gasteiger partial charge >= 0.3 is 0 Å². The second-order valence-electron chi connectivity index (χ2n) is 4.94. The van der Waals surface area contributed by atoms with Crippen LogP contribution in [-0.2, 0) is 6.54 Å². The number of hydrogen-bond donors (Lipinski definition) is 2. The summed E-state index contributed by atoms with van der Waals surface area (Å²) in [5.41, 5.74) is 0.317. The number of nitrogens with one attached hydrogen (secondary N) is 1. The van der Waals surface area contributed by atoms with E-state index in [2.05, 4.69) is 5.32 Å². The van der Waals surface area contributed by atoms with E-state index >= 15 is 0 Å². The summed E-state index contributed by atoms with van der Waals surface area (Å²) in [7, 11) is 0. The Balaban J connectivity index is 2.01. The molecule has 0 aliphatic heterocycles. The summed E-state index contributed by atoms with van der Waals surface area (Å²) in [5.74, 6) is -0.375. The molecule has 2 atom stereocenters. The molecular formula is C13H17FN2O3. The Hall–Kier alpha value is -1.53. The normalized spacial score (nSPS) is 22.6. The van der Waals surface area contributed by atoms with Crippen LogP contribution in [-0.4, -0.2) is 22.7 Å². The van der Waals surface area contributed by atoms with E-state index in [0.717, 1.165) is 25.3 Å². The molecule has 0 radical (unpaired) electrons. The summed E-state index contributed by atoms with van der Waals surface area (Å²) in [5, 5.41) is 23.1. The van der Waals surface area contributed by atoms with E-state index < -0.39 is 10.7 Å². The molecule has 0 saturated heterocycles. The molecule has 2 rings (SSSR count). The molecule has 1 saturated carbocycles. The highest BCUT2D eigenvalue weighted by molar-refractivity contribution is 5.35. The van der Waals surface area contributed by atoms with Crippen molar-refractivity contribution in [1.29, 1.82) is 0 Å². The van der Waals surface area contributed by atoms with Crippen LogP contribution in [0.3, 0.4) is 0 Å². The minimum Gasteiger partial charge on any atom is -0.396 e. The molecule has 0 aromatic heterocycles. The van der Waals surface area contributed by atoms with E-state index in [4.69, 9.17) is 0 Å². The zero-order valence-corrected chi connectivity index (χ0v) is 10.5. The molecule has 5 nitrogen and oxygen atoms in total. The lowest BCUT2D eigenvalue weighted by Gasteiger charge is -2.19. The summed E-state index contributed by atoms with van der Waals surface area (Å²) >= 11 is 0. The van der Waals surface area contributed by atoms with Gasteiger partial charge in [-0.25, -0.2) is 4.39 Å². The van der Waals surface area contributed by atoms with Crippen molar-refractivity contribution in [3.63, 3.8) is 0 Å². The zero-order chi connectivity index (χ0) is 13.8. The Morgan fingerprint density at radius 3 is 2.89 bits per heavy atom. The lowest BCUT2D eigenvalue weighted by Crippen LogP contribution is -2.33. The van der Waals surface area contributed by atoms with E-state index in [1.807, 2.05) is 0 Å². The number of aliphatic hydroxyl groups is 1. The number of benzene rings is 1. The summed E-state index contributed by atoms with van der Waals surface area (Å²) in [4.78, 5) is 10.1.